The molecule has 1 aliphatic carbocycles. The molecule has 1 atom stereocenters. The summed E-state index contributed by atoms with van der Waals surface area (Å²) in [6, 6.07) is 5.55. The van der Waals surface area contributed by atoms with Gasteiger partial charge >= 0.3 is 5.69 Å². The number of imidazole rings is 1. The fourth-order valence-electron chi connectivity index (χ4n) is 5.16. The summed E-state index contributed by atoms with van der Waals surface area (Å²) in [5.41, 5.74) is 2.24. The maximum Gasteiger partial charge on any atom is 0.330 e. The number of hydrogen-bond donors (Lipinski definition) is 0. The van der Waals surface area contributed by atoms with Crippen molar-refractivity contribution in [3.05, 3.63) is 52.5 Å². The molecular weight excluding hydrogens is 380 g/mol. The summed E-state index contributed by atoms with van der Waals surface area (Å²) in [6.45, 7) is 3.71. The first-order valence-electron chi connectivity index (χ1n) is 11.0. The van der Waals surface area contributed by atoms with Crippen LogP contribution < -0.4 is 5.69 Å². The first-order valence-corrected chi connectivity index (χ1v) is 11.0. The van der Waals surface area contributed by atoms with Crippen LogP contribution in [0.25, 0.3) is 11.2 Å². The quantitative estimate of drug-likeness (QED) is 0.659. The molecule has 0 N–H and O–H groups in total. The number of aryl methyl sites for hydroxylation is 1. The number of hydrogen-bond acceptors (Lipinski definition) is 4. The second kappa shape index (κ2) is 7.78. The van der Waals surface area contributed by atoms with Gasteiger partial charge in [-0.3, -0.25) is 13.9 Å². The zero-order valence-electron chi connectivity index (χ0n) is 17.4. The molecule has 0 bridgehead atoms. The third-order valence-electron chi connectivity index (χ3n) is 6.79. The zero-order chi connectivity index (χ0) is 20.7. The van der Waals surface area contributed by atoms with Crippen molar-refractivity contribution >= 4 is 17.1 Å². The topological polar surface area (TPSA) is 73.3 Å². The number of furan rings is 1. The van der Waals surface area contributed by atoms with Gasteiger partial charge in [-0.1, -0.05) is 19.3 Å². The van der Waals surface area contributed by atoms with Crippen molar-refractivity contribution in [1.29, 1.82) is 0 Å². The maximum absolute atomic E-state index is 13.5. The number of rotatable bonds is 4. The highest BCUT2D eigenvalue weighted by molar-refractivity contribution is 5.95. The van der Waals surface area contributed by atoms with Crippen molar-refractivity contribution < 1.29 is 9.21 Å². The smallest absolute Gasteiger partial charge is 0.330 e. The van der Waals surface area contributed by atoms with Gasteiger partial charge in [-0.25, -0.2) is 9.78 Å². The molecule has 4 heterocycles. The summed E-state index contributed by atoms with van der Waals surface area (Å²) in [4.78, 5) is 32.7. The van der Waals surface area contributed by atoms with Crippen LogP contribution in [-0.2, 0) is 6.54 Å². The SMILES string of the molecule is Cc1occc1C(=O)N1CC[C@@H](n2c(=O)n(CC3CCCCC3)c3cccnc32)C1. The molecule has 158 valence electrons. The lowest BCUT2D eigenvalue weighted by Gasteiger charge is -2.21. The Hall–Kier alpha value is -2.83. The molecule has 0 unspecified atom stereocenters. The van der Waals surface area contributed by atoms with Gasteiger partial charge in [-0.2, -0.15) is 0 Å². The third kappa shape index (κ3) is 3.26. The van der Waals surface area contributed by atoms with Crippen molar-refractivity contribution in [2.45, 2.75) is 58.0 Å². The summed E-state index contributed by atoms with van der Waals surface area (Å²) in [5.74, 6) is 1.16. The molecule has 1 aliphatic heterocycles. The van der Waals surface area contributed by atoms with Gasteiger partial charge in [0.25, 0.3) is 5.91 Å². The van der Waals surface area contributed by atoms with E-state index >= 15 is 0 Å². The van der Waals surface area contributed by atoms with E-state index in [1.165, 1.54) is 32.1 Å². The first kappa shape index (κ1) is 19.2. The molecule has 1 saturated heterocycles. The molecule has 7 nitrogen and oxygen atoms in total. The van der Waals surface area contributed by atoms with Gasteiger partial charge in [0.15, 0.2) is 5.65 Å². The molecule has 0 radical (unpaired) electrons. The summed E-state index contributed by atoms with van der Waals surface area (Å²) in [7, 11) is 0. The van der Waals surface area contributed by atoms with Crippen molar-refractivity contribution in [1.82, 2.24) is 19.0 Å². The summed E-state index contributed by atoms with van der Waals surface area (Å²) in [6.07, 6.45) is 10.2. The molecule has 1 saturated carbocycles. The molecule has 3 aromatic heterocycles. The number of carbonyl (C=O) groups is 1. The van der Waals surface area contributed by atoms with Crippen LogP contribution in [0, 0.1) is 12.8 Å². The van der Waals surface area contributed by atoms with Crippen molar-refractivity contribution in [2.24, 2.45) is 5.92 Å². The van der Waals surface area contributed by atoms with Crippen LogP contribution in [0.1, 0.15) is 60.7 Å². The Bertz CT molecular complexity index is 1120. The van der Waals surface area contributed by atoms with E-state index in [2.05, 4.69) is 4.98 Å². The van der Waals surface area contributed by atoms with Gasteiger partial charge in [-0.15, -0.1) is 0 Å². The van der Waals surface area contributed by atoms with Gasteiger partial charge in [0.1, 0.15) is 5.76 Å². The minimum atomic E-state index is -0.0568. The highest BCUT2D eigenvalue weighted by Crippen LogP contribution is 2.28. The maximum atomic E-state index is 13.5. The van der Waals surface area contributed by atoms with Crippen LogP contribution >= 0.6 is 0 Å². The lowest BCUT2D eigenvalue weighted by atomic mass is 9.89. The molecule has 5 rings (SSSR count). The zero-order valence-corrected chi connectivity index (χ0v) is 17.4. The number of amides is 1. The Morgan fingerprint density at radius 2 is 2.03 bits per heavy atom. The van der Waals surface area contributed by atoms with E-state index in [1.807, 2.05) is 26.2 Å². The molecule has 0 spiro atoms. The monoisotopic (exact) mass is 408 g/mol. The van der Waals surface area contributed by atoms with E-state index in [4.69, 9.17) is 4.42 Å². The minimum absolute atomic E-state index is 0.00747. The number of likely N-dealkylation sites (tertiary alicyclic amines) is 1. The van der Waals surface area contributed by atoms with Crippen molar-refractivity contribution in [3.8, 4) is 0 Å². The Balaban J connectivity index is 1.45. The van der Waals surface area contributed by atoms with Crippen LogP contribution in [-0.4, -0.2) is 38.0 Å². The molecular formula is C23H28N4O3. The van der Waals surface area contributed by atoms with Crippen LogP contribution in [0.3, 0.4) is 0 Å². The molecule has 2 aliphatic rings. The van der Waals surface area contributed by atoms with Crippen LogP contribution in [0.4, 0.5) is 0 Å². The normalized spacial score (nSPS) is 20.3. The molecule has 2 fully saturated rings. The largest absolute Gasteiger partial charge is 0.469 e. The fraction of sp³-hybridized carbons (Fsp3) is 0.522. The third-order valence-corrected chi connectivity index (χ3v) is 6.79. The number of nitrogens with zero attached hydrogens (tertiary/aromatic N) is 4. The molecule has 0 aromatic carbocycles. The Labute approximate surface area is 175 Å². The second-order valence-electron chi connectivity index (χ2n) is 8.70. The lowest BCUT2D eigenvalue weighted by molar-refractivity contribution is 0.0786. The predicted molar refractivity (Wildman–Crippen MR) is 114 cm³/mol. The van der Waals surface area contributed by atoms with E-state index in [0.717, 1.165) is 24.1 Å². The average Bonchev–Trinajstić information content (AvgIpc) is 3.47. The summed E-state index contributed by atoms with van der Waals surface area (Å²) >= 11 is 0. The average molecular weight is 409 g/mol. The number of aromatic nitrogens is 3. The van der Waals surface area contributed by atoms with E-state index in [0.29, 0.717) is 30.3 Å². The number of pyridine rings is 1. The van der Waals surface area contributed by atoms with Gasteiger partial charge < -0.3 is 9.32 Å². The highest BCUT2D eigenvalue weighted by Gasteiger charge is 2.32. The van der Waals surface area contributed by atoms with E-state index in [1.54, 1.807) is 25.5 Å². The summed E-state index contributed by atoms with van der Waals surface area (Å²) < 4.78 is 9.04. The number of fused-ring (bicyclic) bond motifs is 1. The Morgan fingerprint density at radius 1 is 1.20 bits per heavy atom. The molecule has 30 heavy (non-hydrogen) atoms. The van der Waals surface area contributed by atoms with Crippen LogP contribution in [0.2, 0.25) is 0 Å². The minimum Gasteiger partial charge on any atom is -0.469 e. The van der Waals surface area contributed by atoms with Crippen LogP contribution in [0.15, 0.2) is 39.9 Å². The van der Waals surface area contributed by atoms with E-state index in [-0.39, 0.29) is 17.6 Å². The number of carbonyl (C=O) groups excluding carboxylic acids is 1. The standard InChI is InChI=1S/C23H28N4O3/c1-16-19(10-13-30-16)22(28)25-12-9-18(15-25)27-21-20(8-5-11-24-21)26(23(27)29)14-17-6-3-2-4-7-17/h5,8,10-11,13,17-18H,2-4,6-7,9,12,14-15H2,1H3/t18-/m1/s1. The summed E-state index contributed by atoms with van der Waals surface area (Å²) in [5, 5.41) is 0. The fourth-order valence-corrected chi connectivity index (χ4v) is 5.16. The second-order valence-corrected chi connectivity index (χ2v) is 8.70. The van der Waals surface area contributed by atoms with Crippen molar-refractivity contribution in [2.75, 3.05) is 13.1 Å². The lowest BCUT2D eigenvalue weighted by Crippen LogP contribution is -2.33. The molecule has 7 heteroatoms. The van der Waals surface area contributed by atoms with Gasteiger partial charge in [0.05, 0.1) is 23.4 Å². The van der Waals surface area contributed by atoms with E-state index < -0.39 is 0 Å². The van der Waals surface area contributed by atoms with Gasteiger partial charge in [0.2, 0.25) is 0 Å². The Kier molecular flexibility index (Phi) is 4.97. The highest BCUT2D eigenvalue weighted by atomic mass is 16.3. The van der Waals surface area contributed by atoms with E-state index in [9.17, 15) is 9.59 Å². The van der Waals surface area contributed by atoms with Crippen molar-refractivity contribution in [3.63, 3.8) is 0 Å². The first-order chi connectivity index (χ1) is 14.6. The predicted octanol–water partition coefficient (Wildman–Crippen LogP) is 3.77. The van der Waals surface area contributed by atoms with Gasteiger partial charge in [-0.05, 0) is 50.3 Å². The Morgan fingerprint density at radius 3 is 2.80 bits per heavy atom. The van der Waals surface area contributed by atoms with Crippen LogP contribution in [0.5, 0.6) is 0 Å². The molecule has 1 amide bonds. The van der Waals surface area contributed by atoms with Gasteiger partial charge in [0, 0.05) is 25.8 Å². The molecule has 3 aromatic rings.